The van der Waals surface area contributed by atoms with Crippen LogP contribution in [0.5, 0.6) is 0 Å². The summed E-state index contributed by atoms with van der Waals surface area (Å²) in [6.07, 6.45) is 8.98. The second kappa shape index (κ2) is 14.1. The van der Waals surface area contributed by atoms with E-state index in [2.05, 4.69) is 10.3 Å². The standard InChI is InChI=1S/C32H40N6O5S/c1-21-11-7-5-3-4-6-8-14-27(39)37-17-22(15-26(37)31(41)35-29(21)32(42)43)16-36(2)28(40)18-38-25-13-10-9-12-23(25)34-30(38)24-19-44-20-33-24/h7,9-13,19-22,26,29H,3-6,8,14-18H2,1-2H3,(H,35,41)(H,42,43)/b11-7-/t21-,22-,26-,29?/m0/s1. The number of para-hydroxylation sites is 2. The summed E-state index contributed by atoms with van der Waals surface area (Å²) in [5.41, 5.74) is 4.05. The van der Waals surface area contributed by atoms with Crippen LogP contribution in [-0.2, 0) is 25.7 Å². The minimum absolute atomic E-state index is 0.0643. The lowest BCUT2D eigenvalue weighted by Gasteiger charge is -2.26. The van der Waals surface area contributed by atoms with Crippen LogP contribution in [0, 0.1) is 11.8 Å². The first-order valence-electron chi connectivity index (χ1n) is 15.3. The fraction of sp³-hybridized carbons (Fsp3) is 0.500. The van der Waals surface area contributed by atoms with Crippen molar-refractivity contribution in [1.29, 1.82) is 0 Å². The maximum Gasteiger partial charge on any atom is 0.326 e. The molecule has 2 aromatic heterocycles. The number of carboxylic acid groups (broad SMARTS) is 1. The van der Waals surface area contributed by atoms with Gasteiger partial charge in [-0.3, -0.25) is 14.4 Å². The zero-order chi connectivity index (χ0) is 31.2. The van der Waals surface area contributed by atoms with E-state index in [9.17, 15) is 24.3 Å². The number of nitrogens with one attached hydrogen (secondary N) is 1. The minimum Gasteiger partial charge on any atom is -0.480 e. The molecule has 4 atom stereocenters. The van der Waals surface area contributed by atoms with Crippen molar-refractivity contribution in [2.45, 2.75) is 70.5 Å². The maximum absolute atomic E-state index is 13.6. The molecule has 12 heteroatoms. The number of imidazole rings is 1. The van der Waals surface area contributed by atoms with Gasteiger partial charge in [-0.05, 0) is 43.7 Å². The Morgan fingerprint density at radius 3 is 2.73 bits per heavy atom. The van der Waals surface area contributed by atoms with Gasteiger partial charge in [0.2, 0.25) is 17.7 Å². The fourth-order valence-electron chi connectivity index (χ4n) is 6.20. The summed E-state index contributed by atoms with van der Waals surface area (Å²) in [6, 6.07) is 5.77. The first kappa shape index (κ1) is 31.4. The van der Waals surface area contributed by atoms with E-state index in [0.29, 0.717) is 37.4 Å². The van der Waals surface area contributed by atoms with Crippen molar-refractivity contribution in [3.63, 3.8) is 0 Å². The lowest BCUT2D eigenvalue weighted by atomic mass is 9.99. The topological polar surface area (TPSA) is 138 Å². The second-order valence-corrected chi connectivity index (χ2v) is 12.6. The highest BCUT2D eigenvalue weighted by Gasteiger charge is 2.41. The Morgan fingerprint density at radius 2 is 1.95 bits per heavy atom. The highest BCUT2D eigenvalue weighted by molar-refractivity contribution is 7.07. The predicted octanol–water partition coefficient (Wildman–Crippen LogP) is 3.95. The van der Waals surface area contributed by atoms with Gasteiger partial charge in [0.1, 0.15) is 24.3 Å². The number of carboxylic acids is 1. The summed E-state index contributed by atoms with van der Waals surface area (Å²) in [4.78, 5) is 64.8. The largest absolute Gasteiger partial charge is 0.480 e. The average molecular weight is 621 g/mol. The average Bonchev–Trinajstić information content (AvgIpc) is 3.76. The van der Waals surface area contributed by atoms with Crippen molar-refractivity contribution >= 4 is 46.1 Å². The van der Waals surface area contributed by atoms with Gasteiger partial charge in [0.25, 0.3) is 0 Å². The zero-order valence-corrected chi connectivity index (χ0v) is 26.0. The van der Waals surface area contributed by atoms with Gasteiger partial charge >= 0.3 is 5.97 Å². The van der Waals surface area contributed by atoms with E-state index in [1.54, 1.807) is 29.3 Å². The molecule has 2 aliphatic rings. The minimum atomic E-state index is -1.11. The molecule has 44 heavy (non-hydrogen) atoms. The molecule has 1 unspecified atom stereocenters. The molecule has 0 aliphatic carbocycles. The Kier molecular flexibility index (Phi) is 10.1. The van der Waals surface area contributed by atoms with E-state index in [4.69, 9.17) is 4.98 Å². The molecule has 5 rings (SSSR count). The predicted molar refractivity (Wildman–Crippen MR) is 168 cm³/mol. The summed E-state index contributed by atoms with van der Waals surface area (Å²) in [5, 5.41) is 14.5. The number of aromatic nitrogens is 3. The normalized spacial score (nSPS) is 24.3. The number of allylic oxidation sites excluding steroid dienone is 1. The lowest BCUT2D eigenvalue weighted by molar-refractivity contribution is -0.144. The molecule has 3 amide bonds. The maximum atomic E-state index is 13.6. The van der Waals surface area contributed by atoms with E-state index >= 15 is 0 Å². The van der Waals surface area contributed by atoms with Gasteiger partial charge in [-0.15, -0.1) is 11.3 Å². The quantitative estimate of drug-likeness (QED) is 0.398. The van der Waals surface area contributed by atoms with Crippen LogP contribution in [0.3, 0.4) is 0 Å². The van der Waals surface area contributed by atoms with Crippen LogP contribution in [-0.4, -0.2) is 85.4 Å². The molecule has 11 nitrogen and oxygen atoms in total. The van der Waals surface area contributed by atoms with Crippen LogP contribution in [0.2, 0.25) is 0 Å². The molecule has 0 bridgehead atoms. The Labute approximate surface area is 261 Å². The molecule has 1 saturated heterocycles. The first-order chi connectivity index (χ1) is 21.2. The second-order valence-electron chi connectivity index (χ2n) is 11.9. The summed E-state index contributed by atoms with van der Waals surface area (Å²) < 4.78 is 1.88. The smallest absolute Gasteiger partial charge is 0.326 e. The molecular weight excluding hydrogens is 580 g/mol. The van der Waals surface area contributed by atoms with Crippen LogP contribution in [0.15, 0.2) is 47.3 Å². The Morgan fingerprint density at radius 1 is 1.16 bits per heavy atom. The molecule has 234 valence electrons. The van der Waals surface area contributed by atoms with Crippen LogP contribution < -0.4 is 5.32 Å². The number of carbonyl (C=O) groups excluding carboxylic acids is 3. The molecule has 0 radical (unpaired) electrons. The Balaban J connectivity index is 1.31. The monoisotopic (exact) mass is 620 g/mol. The van der Waals surface area contributed by atoms with Gasteiger partial charge in [-0.25, -0.2) is 14.8 Å². The molecule has 4 heterocycles. The van der Waals surface area contributed by atoms with E-state index in [-0.39, 0.29) is 24.3 Å². The Bertz CT molecular complexity index is 1520. The third-order valence-corrected chi connectivity index (χ3v) is 9.21. The zero-order valence-electron chi connectivity index (χ0n) is 25.2. The fourth-order valence-corrected chi connectivity index (χ4v) is 6.73. The van der Waals surface area contributed by atoms with Crippen LogP contribution in [0.25, 0.3) is 22.6 Å². The number of benzene rings is 1. The number of hydrogen-bond donors (Lipinski definition) is 2. The SMILES string of the molecule is C[C@H]1/C=C\CCCCCCC(=O)N2C[C@H](CN(C)C(=O)Cn3c(-c4cscn4)nc4ccccc43)C[C@H]2C(=O)NC1C(=O)O. The highest BCUT2D eigenvalue weighted by Crippen LogP contribution is 2.28. The molecule has 0 saturated carbocycles. The number of thiazole rings is 1. The number of amides is 3. The highest BCUT2D eigenvalue weighted by atomic mass is 32.1. The molecule has 1 fully saturated rings. The van der Waals surface area contributed by atoms with Crippen molar-refractivity contribution < 1.29 is 24.3 Å². The van der Waals surface area contributed by atoms with Gasteiger partial charge in [0.05, 0.1) is 16.5 Å². The van der Waals surface area contributed by atoms with E-state index < -0.39 is 29.9 Å². The van der Waals surface area contributed by atoms with Crippen LogP contribution >= 0.6 is 11.3 Å². The summed E-state index contributed by atoms with van der Waals surface area (Å²) in [6.45, 7) is 2.53. The van der Waals surface area contributed by atoms with Gasteiger partial charge < -0.3 is 24.8 Å². The third kappa shape index (κ3) is 7.18. The lowest BCUT2D eigenvalue weighted by Crippen LogP contribution is -2.52. The number of hydrogen-bond acceptors (Lipinski definition) is 7. The number of aliphatic carboxylic acids is 1. The van der Waals surface area contributed by atoms with E-state index in [1.807, 2.05) is 46.4 Å². The van der Waals surface area contributed by atoms with Crippen LogP contribution in [0.4, 0.5) is 0 Å². The molecule has 0 spiro atoms. The van der Waals surface area contributed by atoms with Gasteiger partial charge in [0, 0.05) is 37.9 Å². The number of nitrogens with zero attached hydrogens (tertiary/aromatic N) is 5. The van der Waals surface area contributed by atoms with Gasteiger partial charge in [-0.2, -0.15) is 0 Å². The van der Waals surface area contributed by atoms with E-state index in [1.165, 1.54) is 11.3 Å². The van der Waals surface area contributed by atoms with Crippen molar-refractivity contribution in [2.24, 2.45) is 11.8 Å². The number of fused-ring (bicyclic) bond motifs is 2. The molecule has 2 aliphatic heterocycles. The summed E-state index contributed by atoms with van der Waals surface area (Å²) in [5.74, 6) is -1.72. The van der Waals surface area contributed by atoms with Gasteiger partial charge in [0.15, 0.2) is 5.82 Å². The Hall–Kier alpha value is -4.06. The molecule has 1 aromatic carbocycles. The molecule has 2 N–H and O–H groups in total. The van der Waals surface area contributed by atoms with Crippen molar-refractivity contribution in [3.05, 3.63) is 47.3 Å². The third-order valence-electron chi connectivity index (χ3n) is 8.62. The van der Waals surface area contributed by atoms with E-state index in [0.717, 1.165) is 43.1 Å². The van der Waals surface area contributed by atoms with Crippen molar-refractivity contribution in [1.82, 2.24) is 29.7 Å². The molecule has 3 aromatic rings. The summed E-state index contributed by atoms with van der Waals surface area (Å²) >= 11 is 1.46. The van der Waals surface area contributed by atoms with Crippen LogP contribution in [0.1, 0.15) is 51.9 Å². The van der Waals surface area contributed by atoms with Crippen molar-refractivity contribution in [2.75, 3.05) is 20.1 Å². The van der Waals surface area contributed by atoms with Crippen molar-refractivity contribution in [3.8, 4) is 11.5 Å². The summed E-state index contributed by atoms with van der Waals surface area (Å²) in [7, 11) is 1.73. The number of likely N-dealkylation sites (N-methyl/N-ethyl adjacent to an activating group) is 1. The molecular formula is C32H40N6O5S. The number of carbonyl (C=O) groups is 4. The van der Waals surface area contributed by atoms with Gasteiger partial charge in [-0.1, -0.05) is 44.1 Å². The number of rotatable bonds is 6. The first-order valence-corrected chi connectivity index (χ1v) is 16.2.